The Morgan fingerprint density at radius 1 is 1.41 bits per heavy atom. The van der Waals surface area contributed by atoms with Crippen molar-refractivity contribution in [2.45, 2.75) is 39.2 Å². The van der Waals surface area contributed by atoms with Crippen LogP contribution in [0.3, 0.4) is 0 Å². The normalized spacial score (nSPS) is 19.3. The maximum absolute atomic E-state index is 11.8. The number of ether oxygens (including phenoxy) is 2. The molecule has 0 saturated carbocycles. The molecule has 0 aliphatic carbocycles. The SMILES string of the molecule is CCOC(=O)C(CC)N(C)CC1CCOCC1. The van der Waals surface area contributed by atoms with E-state index in [9.17, 15) is 4.79 Å². The van der Waals surface area contributed by atoms with Gasteiger partial charge >= 0.3 is 5.97 Å². The highest BCUT2D eigenvalue weighted by molar-refractivity contribution is 5.75. The average Bonchev–Trinajstić information content (AvgIpc) is 2.31. The van der Waals surface area contributed by atoms with Gasteiger partial charge < -0.3 is 9.47 Å². The summed E-state index contributed by atoms with van der Waals surface area (Å²) in [6.07, 6.45) is 3.01. The molecule has 1 unspecified atom stereocenters. The first-order valence-electron chi connectivity index (χ1n) is 6.63. The summed E-state index contributed by atoms with van der Waals surface area (Å²) in [7, 11) is 2.01. The van der Waals surface area contributed by atoms with Gasteiger partial charge in [-0.25, -0.2) is 0 Å². The molecule has 1 fully saturated rings. The molecule has 100 valence electrons. The minimum Gasteiger partial charge on any atom is -0.465 e. The van der Waals surface area contributed by atoms with E-state index in [0.29, 0.717) is 12.5 Å². The number of carbonyl (C=O) groups excluding carboxylic acids is 1. The van der Waals surface area contributed by atoms with Crippen LogP contribution in [0.1, 0.15) is 33.1 Å². The first-order chi connectivity index (χ1) is 8.19. The predicted octanol–water partition coefficient (Wildman–Crippen LogP) is 1.69. The van der Waals surface area contributed by atoms with Gasteiger partial charge in [0.1, 0.15) is 6.04 Å². The zero-order valence-corrected chi connectivity index (χ0v) is 11.3. The second-order valence-electron chi connectivity index (χ2n) is 4.67. The smallest absolute Gasteiger partial charge is 0.323 e. The number of likely N-dealkylation sites (N-methyl/N-ethyl adjacent to an activating group) is 1. The van der Waals surface area contributed by atoms with Crippen molar-refractivity contribution in [3.05, 3.63) is 0 Å². The van der Waals surface area contributed by atoms with Crippen LogP contribution >= 0.6 is 0 Å². The van der Waals surface area contributed by atoms with Gasteiger partial charge in [-0.2, -0.15) is 0 Å². The van der Waals surface area contributed by atoms with Crippen LogP contribution in [-0.4, -0.2) is 50.3 Å². The van der Waals surface area contributed by atoms with Crippen molar-refractivity contribution in [3.8, 4) is 0 Å². The van der Waals surface area contributed by atoms with E-state index in [-0.39, 0.29) is 12.0 Å². The summed E-state index contributed by atoms with van der Waals surface area (Å²) in [6.45, 7) is 7.01. The number of nitrogens with zero attached hydrogens (tertiary/aromatic N) is 1. The molecule has 0 radical (unpaired) electrons. The summed E-state index contributed by atoms with van der Waals surface area (Å²) < 4.78 is 10.4. The monoisotopic (exact) mass is 243 g/mol. The summed E-state index contributed by atoms with van der Waals surface area (Å²) in [5, 5.41) is 0. The minimum absolute atomic E-state index is 0.0930. The zero-order chi connectivity index (χ0) is 12.7. The van der Waals surface area contributed by atoms with Gasteiger partial charge in [-0.05, 0) is 39.2 Å². The summed E-state index contributed by atoms with van der Waals surface area (Å²) >= 11 is 0. The highest BCUT2D eigenvalue weighted by atomic mass is 16.5. The molecule has 1 heterocycles. The largest absolute Gasteiger partial charge is 0.465 e. The van der Waals surface area contributed by atoms with Gasteiger partial charge in [0.05, 0.1) is 6.61 Å². The third-order valence-corrected chi connectivity index (χ3v) is 3.36. The Kier molecular flexibility index (Phi) is 6.52. The lowest BCUT2D eigenvalue weighted by Crippen LogP contribution is -2.42. The van der Waals surface area contributed by atoms with Crippen molar-refractivity contribution in [1.29, 1.82) is 0 Å². The van der Waals surface area contributed by atoms with Gasteiger partial charge in [-0.3, -0.25) is 9.69 Å². The Morgan fingerprint density at radius 3 is 2.59 bits per heavy atom. The number of carbonyl (C=O) groups is 1. The van der Waals surface area contributed by atoms with Gasteiger partial charge in [0.2, 0.25) is 0 Å². The topological polar surface area (TPSA) is 38.8 Å². The van der Waals surface area contributed by atoms with Gasteiger partial charge in [0.15, 0.2) is 0 Å². The Labute approximate surface area is 104 Å². The van der Waals surface area contributed by atoms with Gasteiger partial charge in [0.25, 0.3) is 0 Å². The van der Waals surface area contributed by atoms with Crippen molar-refractivity contribution in [2.24, 2.45) is 5.92 Å². The molecule has 1 aliphatic rings. The van der Waals surface area contributed by atoms with Crippen molar-refractivity contribution in [3.63, 3.8) is 0 Å². The molecule has 0 amide bonds. The van der Waals surface area contributed by atoms with Crippen LogP contribution in [-0.2, 0) is 14.3 Å². The lowest BCUT2D eigenvalue weighted by Gasteiger charge is -2.31. The van der Waals surface area contributed by atoms with Gasteiger partial charge in [0, 0.05) is 19.8 Å². The molecule has 17 heavy (non-hydrogen) atoms. The van der Waals surface area contributed by atoms with Crippen LogP contribution in [0.5, 0.6) is 0 Å². The Hall–Kier alpha value is -0.610. The summed E-state index contributed by atoms with van der Waals surface area (Å²) in [6, 6.07) is -0.0993. The van der Waals surface area contributed by atoms with E-state index in [1.165, 1.54) is 0 Å². The van der Waals surface area contributed by atoms with Crippen molar-refractivity contribution < 1.29 is 14.3 Å². The first kappa shape index (κ1) is 14.5. The van der Waals surface area contributed by atoms with Crippen molar-refractivity contribution in [2.75, 3.05) is 33.4 Å². The summed E-state index contributed by atoms with van der Waals surface area (Å²) in [5.74, 6) is 0.557. The standard InChI is InChI=1S/C13H25NO3/c1-4-12(13(15)17-5-2)14(3)10-11-6-8-16-9-7-11/h11-12H,4-10H2,1-3H3. The van der Waals surface area contributed by atoms with E-state index < -0.39 is 0 Å². The van der Waals surface area contributed by atoms with E-state index >= 15 is 0 Å². The van der Waals surface area contributed by atoms with Gasteiger partial charge in [-0.15, -0.1) is 0 Å². The molecule has 0 aromatic rings. The molecule has 1 rings (SSSR count). The second-order valence-corrected chi connectivity index (χ2v) is 4.67. The Bertz CT molecular complexity index is 227. The van der Waals surface area contributed by atoms with Crippen LogP contribution < -0.4 is 0 Å². The Balaban J connectivity index is 2.41. The molecular weight excluding hydrogens is 218 g/mol. The lowest BCUT2D eigenvalue weighted by molar-refractivity contribution is -0.149. The number of hydrogen-bond acceptors (Lipinski definition) is 4. The number of rotatable bonds is 6. The van der Waals surface area contributed by atoms with E-state index in [1.807, 2.05) is 20.9 Å². The maximum Gasteiger partial charge on any atom is 0.323 e. The quantitative estimate of drug-likeness (QED) is 0.665. The van der Waals surface area contributed by atoms with Crippen molar-refractivity contribution >= 4 is 5.97 Å². The molecule has 1 saturated heterocycles. The van der Waals surface area contributed by atoms with Crippen LogP contribution in [0.25, 0.3) is 0 Å². The molecule has 4 nitrogen and oxygen atoms in total. The first-order valence-corrected chi connectivity index (χ1v) is 6.63. The molecule has 1 aliphatic heterocycles. The van der Waals surface area contributed by atoms with Crippen LogP contribution in [0.4, 0.5) is 0 Å². The molecule has 0 N–H and O–H groups in total. The fraction of sp³-hybridized carbons (Fsp3) is 0.923. The predicted molar refractivity (Wildman–Crippen MR) is 66.9 cm³/mol. The lowest BCUT2D eigenvalue weighted by atomic mass is 9.99. The molecule has 0 spiro atoms. The fourth-order valence-electron chi connectivity index (χ4n) is 2.36. The van der Waals surface area contributed by atoms with E-state index in [1.54, 1.807) is 0 Å². The minimum atomic E-state index is -0.0993. The van der Waals surface area contributed by atoms with Crippen LogP contribution in [0.2, 0.25) is 0 Å². The number of hydrogen-bond donors (Lipinski definition) is 0. The fourth-order valence-corrected chi connectivity index (χ4v) is 2.36. The molecule has 0 aromatic carbocycles. The molecule has 4 heteroatoms. The maximum atomic E-state index is 11.8. The molecule has 0 aromatic heterocycles. The zero-order valence-electron chi connectivity index (χ0n) is 11.3. The molecule has 0 bridgehead atoms. The molecule has 1 atom stereocenters. The number of esters is 1. The third kappa shape index (κ3) is 4.64. The van der Waals surface area contributed by atoms with Crippen molar-refractivity contribution in [1.82, 2.24) is 4.90 Å². The third-order valence-electron chi connectivity index (χ3n) is 3.36. The van der Waals surface area contributed by atoms with E-state index in [4.69, 9.17) is 9.47 Å². The van der Waals surface area contributed by atoms with Crippen LogP contribution in [0, 0.1) is 5.92 Å². The second kappa shape index (κ2) is 7.67. The highest BCUT2D eigenvalue weighted by Gasteiger charge is 2.25. The Morgan fingerprint density at radius 2 is 2.06 bits per heavy atom. The van der Waals surface area contributed by atoms with E-state index in [0.717, 1.165) is 39.0 Å². The summed E-state index contributed by atoms with van der Waals surface area (Å²) in [5.41, 5.74) is 0. The van der Waals surface area contributed by atoms with Gasteiger partial charge in [-0.1, -0.05) is 6.92 Å². The van der Waals surface area contributed by atoms with E-state index in [2.05, 4.69) is 4.90 Å². The highest BCUT2D eigenvalue weighted by Crippen LogP contribution is 2.17. The summed E-state index contributed by atoms with van der Waals surface area (Å²) in [4.78, 5) is 13.9. The van der Waals surface area contributed by atoms with Crippen LogP contribution in [0.15, 0.2) is 0 Å². The average molecular weight is 243 g/mol. The molecular formula is C13H25NO3.